The van der Waals surface area contributed by atoms with Gasteiger partial charge in [0, 0.05) is 16.5 Å². The fourth-order valence-electron chi connectivity index (χ4n) is 3.93. The van der Waals surface area contributed by atoms with Gasteiger partial charge in [0.25, 0.3) is 0 Å². The number of carbonyl (C=O) groups is 1. The topological polar surface area (TPSA) is 67.1 Å². The molecule has 0 radical (unpaired) electrons. The molecule has 0 saturated carbocycles. The third-order valence-corrected chi connectivity index (χ3v) is 6.48. The molecule has 1 aliphatic heterocycles. The Kier molecular flexibility index (Phi) is 6.29. The highest BCUT2D eigenvalue weighted by atomic mass is 16.7. The first-order valence-corrected chi connectivity index (χ1v) is 11.3. The minimum absolute atomic E-state index is 0.168. The summed E-state index contributed by atoms with van der Waals surface area (Å²) >= 11 is 0. The van der Waals surface area contributed by atoms with Crippen LogP contribution in [-0.4, -0.2) is 30.9 Å². The number of para-hydroxylation sites is 1. The fraction of sp³-hybridized carbons (Fsp3) is 0.423. The van der Waals surface area contributed by atoms with Gasteiger partial charge in [-0.15, -0.1) is 0 Å². The lowest BCUT2D eigenvalue weighted by Gasteiger charge is -2.32. The van der Waals surface area contributed by atoms with E-state index in [0.29, 0.717) is 19.0 Å². The Morgan fingerprint density at radius 2 is 1.73 bits per heavy atom. The minimum atomic E-state index is -0.452. The summed E-state index contributed by atoms with van der Waals surface area (Å²) in [7, 11) is -0.452. The maximum Gasteiger partial charge on any atom is 0.494 e. The summed E-state index contributed by atoms with van der Waals surface area (Å²) < 4.78 is 29.5. The Morgan fingerprint density at radius 3 is 2.42 bits per heavy atom. The maximum absolute atomic E-state index is 11.9. The van der Waals surface area contributed by atoms with Crippen molar-refractivity contribution in [2.45, 2.75) is 65.8 Å². The highest BCUT2D eigenvalue weighted by Gasteiger charge is 2.51. The molecule has 0 atom stereocenters. The number of furan rings is 1. The smallest absolute Gasteiger partial charge is 0.488 e. The SMILES string of the molecule is CCOC(=O)Cc1ccccc1OCc1coc2c(C)cc(B3OC(C)(C)C(C)(C)O3)cc12. The first kappa shape index (κ1) is 23.4. The molecule has 1 fully saturated rings. The van der Waals surface area contributed by atoms with Crippen LogP contribution >= 0.6 is 0 Å². The van der Waals surface area contributed by atoms with E-state index < -0.39 is 18.3 Å². The molecule has 0 N–H and O–H groups in total. The number of ether oxygens (including phenoxy) is 2. The number of fused-ring (bicyclic) bond motifs is 1. The summed E-state index contributed by atoms with van der Waals surface area (Å²) in [4.78, 5) is 11.9. The average Bonchev–Trinajstić information content (AvgIpc) is 3.25. The summed E-state index contributed by atoms with van der Waals surface area (Å²) in [6.45, 7) is 12.6. The number of aryl methyl sites for hydroxylation is 1. The molecule has 3 aromatic rings. The van der Waals surface area contributed by atoms with Crippen molar-refractivity contribution in [3.8, 4) is 5.75 Å². The predicted molar refractivity (Wildman–Crippen MR) is 128 cm³/mol. The van der Waals surface area contributed by atoms with Crippen molar-refractivity contribution in [3.05, 3.63) is 59.4 Å². The molecule has 0 spiro atoms. The van der Waals surface area contributed by atoms with E-state index in [9.17, 15) is 4.79 Å². The summed E-state index contributed by atoms with van der Waals surface area (Å²) in [5.41, 5.74) is 3.65. The zero-order valence-corrected chi connectivity index (χ0v) is 20.2. The lowest BCUT2D eigenvalue weighted by Crippen LogP contribution is -2.41. The lowest BCUT2D eigenvalue weighted by atomic mass is 9.77. The molecule has 33 heavy (non-hydrogen) atoms. The van der Waals surface area contributed by atoms with Crippen LogP contribution in [0, 0.1) is 6.92 Å². The quantitative estimate of drug-likeness (QED) is 0.383. The van der Waals surface area contributed by atoms with Gasteiger partial charge >= 0.3 is 13.1 Å². The van der Waals surface area contributed by atoms with Crippen molar-refractivity contribution < 1.29 is 28.0 Å². The van der Waals surface area contributed by atoms with Gasteiger partial charge in [-0.25, -0.2) is 0 Å². The van der Waals surface area contributed by atoms with Crippen LogP contribution in [0.1, 0.15) is 51.3 Å². The van der Waals surface area contributed by atoms with E-state index in [1.807, 2.05) is 65.0 Å². The van der Waals surface area contributed by atoms with Crippen LogP contribution in [0.5, 0.6) is 5.75 Å². The first-order chi connectivity index (χ1) is 15.6. The lowest BCUT2D eigenvalue weighted by molar-refractivity contribution is -0.142. The van der Waals surface area contributed by atoms with Gasteiger partial charge in [-0.1, -0.05) is 30.3 Å². The molecule has 2 heterocycles. The first-order valence-electron chi connectivity index (χ1n) is 11.3. The Morgan fingerprint density at radius 1 is 1.03 bits per heavy atom. The Labute approximate surface area is 195 Å². The van der Waals surface area contributed by atoms with Gasteiger partial charge in [0.2, 0.25) is 0 Å². The highest BCUT2D eigenvalue weighted by Crippen LogP contribution is 2.37. The van der Waals surface area contributed by atoms with Crippen LogP contribution in [0.15, 0.2) is 47.1 Å². The van der Waals surface area contributed by atoms with Crippen LogP contribution in [0.25, 0.3) is 11.0 Å². The van der Waals surface area contributed by atoms with Crippen molar-refractivity contribution in [1.29, 1.82) is 0 Å². The largest absolute Gasteiger partial charge is 0.494 e. The second-order valence-electron chi connectivity index (χ2n) is 9.44. The third-order valence-electron chi connectivity index (χ3n) is 6.48. The normalized spacial score (nSPS) is 16.8. The number of hydrogen-bond acceptors (Lipinski definition) is 6. The van der Waals surface area contributed by atoms with Crippen molar-refractivity contribution in [1.82, 2.24) is 0 Å². The van der Waals surface area contributed by atoms with Crippen LogP contribution < -0.4 is 10.2 Å². The van der Waals surface area contributed by atoms with E-state index in [4.69, 9.17) is 23.2 Å². The zero-order chi connectivity index (χ0) is 23.8. The number of benzene rings is 2. The summed E-state index contributed by atoms with van der Waals surface area (Å²) in [5, 5.41) is 0.961. The molecule has 174 valence electrons. The minimum Gasteiger partial charge on any atom is -0.488 e. The molecule has 0 amide bonds. The van der Waals surface area contributed by atoms with Crippen LogP contribution in [0.2, 0.25) is 0 Å². The zero-order valence-electron chi connectivity index (χ0n) is 20.2. The van der Waals surface area contributed by atoms with Crippen LogP contribution in [0.4, 0.5) is 0 Å². The average molecular weight is 450 g/mol. The molecule has 0 bridgehead atoms. The van der Waals surface area contributed by atoms with Crippen molar-refractivity contribution >= 4 is 29.5 Å². The van der Waals surface area contributed by atoms with E-state index in [-0.39, 0.29) is 12.4 Å². The monoisotopic (exact) mass is 450 g/mol. The van der Waals surface area contributed by atoms with Crippen molar-refractivity contribution in [3.63, 3.8) is 0 Å². The maximum atomic E-state index is 11.9. The van der Waals surface area contributed by atoms with E-state index >= 15 is 0 Å². The standard InChI is InChI=1S/C26H31BO6/c1-7-29-23(28)13-18-10-8-9-11-22(18)30-15-19-16-31-24-17(2)12-20(14-21(19)24)27-32-25(3,4)26(5,6)33-27/h8-12,14,16H,7,13,15H2,1-6H3. The van der Waals surface area contributed by atoms with Crippen molar-refractivity contribution in [2.75, 3.05) is 6.61 Å². The molecule has 1 saturated heterocycles. The molecule has 6 nitrogen and oxygen atoms in total. The van der Waals surface area contributed by atoms with Gasteiger partial charge in [-0.3, -0.25) is 4.79 Å². The Bertz CT molecular complexity index is 1150. The second kappa shape index (κ2) is 8.88. The number of carbonyl (C=O) groups excluding carboxylic acids is 1. The second-order valence-corrected chi connectivity index (χ2v) is 9.44. The molecular weight excluding hydrogens is 419 g/mol. The molecule has 0 aliphatic carbocycles. The predicted octanol–water partition coefficient (Wildman–Crippen LogP) is 4.73. The Balaban J connectivity index is 1.58. The van der Waals surface area contributed by atoms with Gasteiger partial charge in [0.15, 0.2) is 0 Å². The number of hydrogen-bond donors (Lipinski definition) is 0. The van der Waals surface area contributed by atoms with Gasteiger partial charge in [0.05, 0.1) is 30.5 Å². The molecule has 0 unspecified atom stereocenters. The van der Waals surface area contributed by atoms with E-state index in [1.165, 1.54) is 0 Å². The fourth-order valence-corrected chi connectivity index (χ4v) is 3.93. The number of rotatable bonds is 7. The number of esters is 1. The van der Waals surface area contributed by atoms with Gasteiger partial charge < -0.3 is 23.2 Å². The molecular formula is C26H31BO6. The van der Waals surface area contributed by atoms with Crippen LogP contribution in [-0.2, 0) is 31.9 Å². The van der Waals surface area contributed by atoms with Crippen molar-refractivity contribution in [2.24, 2.45) is 0 Å². The highest BCUT2D eigenvalue weighted by molar-refractivity contribution is 6.62. The molecule has 1 aliphatic rings. The molecule has 2 aromatic carbocycles. The summed E-state index contributed by atoms with van der Waals surface area (Å²) in [6, 6.07) is 11.6. The molecule has 1 aromatic heterocycles. The molecule has 4 rings (SSSR count). The van der Waals surface area contributed by atoms with E-state index in [2.05, 4.69) is 6.07 Å². The van der Waals surface area contributed by atoms with Gasteiger partial charge in [-0.2, -0.15) is 0 Å². The molecule has 7 heteroatoms. The van der Waals surface area contributed by atoms with E-state index in [0.717, 1.165) is 33.1 Å². The van der Waals surface area contributed by atoms with E-state index in [1.54, 1.807) is 13.2 Å². The summed E-state index contributed by atoms with van der Waals surface area (Å²) in [5.74, 6) is 0.378. The summed E-state index contributed by atoms with van der Waals surface area (Å²) in [6.07, 6.45) is 1.89. The van der Waals surface area contributed by atoms with Gasteiger partial charge in [-0.05, 0) is 58.6 Å². The van der Waals surface area contributed by atoms with Crippen LogP contribution in [0.3, 0.4) is 0 Å². The third kappa shape index (κ3) is 4.66. The Hall–Kier alpha value is -2.77. The van der Waals surface area contributed by atoms with Gasteiger partial charge in [0.1, 0.15) is 17.9 Å².